The van der Waals surface area contributed by atoms with E-state index >= 15 is 0 Å². The van der Waals surface area contributed by atoms with Crippen molar-refractivity contribution < 1.29 is 14.6 Å². The Labute approximate surface area is 174 Å². The number of aliphatic hydroxyl groups excluding tert-OH is 1. The first-order valence-electron chi connectivity index (χ1n) is 10.2. The number of carbonyl (C=O) groups is 1. The third-order valence-corrected chi connectivity index (χ3v) is 5.99. The number of carbonyl (C=O) groups excluding carboxylic acids is 1. The van der Waals surface area contributed by atoms with Gasteiger partial charge in [-0.25, -0.2) is 4.98 Å². The maximum Gasteiger partial charge on any atom is 0.255 e. The van der Waals surface area contributed by atoms with E-state index in [9.17, 15) is 9.90 Å². The fourth-order valence-corrected chi connectivity index (χ4v) is 4.35. The van der Waals surface area contributed by atoms with Crippen molar-refractivity contribution in [2.45, 2.75) is 25.0 Å². The monoisotopic (exact) mass is 404 g/mol. The second-order valence-electron chi connectivity index (χ2n) is 7.78. The Kier molecular flexibility index (Phi) is 4.67. The van der Waals surface area contributed by atoms with Gasteiger partial charge in [0.2, 0.25) is 0 Å². The van der Waals surface area contributed by atoms with Crippen LogP contribution in [-0.2, 0) is 9.53 Å². The molecule has 0 spiro atoms. The van der Waals surface area contributed by atoms with Crippen molar-refractivity contribution in [3.63, 3.8) is 0 Å². The molecule has 1 unspecified atom stereocenters. The first kappa shape index (κ1) is 18.7. The second-order valence-corrected chi connectivity index (χ2v) is 7.78. The van der Waals surface area contributed by atoms with Gasteiger partial charge in [0.25, 0.3) is 5.91 Å². The number of methoxy groups -OCH3 is 1. The Hall–Kier alpha value is -3.32. The molecule has 1 fully saturated rings. The number of nitrogens with zero attached hydrogens (tertiary/aromatic N) is 3. The summed E-state index contributed by atoms with van der Waals surface area (Å²) >= 11 is 0. The van der Waals surface area contributed by atoms with Gasteiger partial charge in [-0.15, -0.1) is 0 Å². The van der Waals surface area contributed by atoms with Crippen LogP contribution in [0.2, 0.25) is 0 Å². The minimum Gasteiger partial charge on any atom is -0.498 e. The number of amides is 1. The number of hydrogen-bond acceptors (Lipinski definition) is 5. The van der Waals surface area contributed by atoms with Crippen molar-refractivity contribution in [1.29, 1.82) is 0 Å². The summed E-state index contributed by atoms with van der Waals surface area (Å²) in [5, 5.41) is 9.74. The van der Waals surface area contributed by atoms with Crippen molar-refractivity contribution in [1.82, 2.24) is 9.97 Å². The van der Waals surface area contributed by atoms with Gasteiger partial charge < -0.3 is 19.7 Å². The fraction of sp³-hybridized carbons (Fsp3) is 0.304. The predicted molar refractivity (Wildman–Crippen MR) is 115 cm³/mol. The van der Waals surface area contributed by atoms with Gasteiger partial charge in [-0.2, -0.15) is 0 Å². The minimum absolute atomic E-state index is 0.110. The number of benzene rings is 2. The van der Waals surface area contributed by atoms with Crippen molar-refractivity contribution >= 4 is 28.3 Å². The summed E-state index contributed by atoms with van der Waals surface area (Å²) in [4.78, 5) is 24.3. The molecule has 7 heteroatoms. The topological polar surface area (TPSA) is 81.7 Å². The zero-order chi connectivity index (χ0) is 20.7. The highest BCUT2D eigenvalue weighted by Gasteiger charge is 2.36. The molecular weight excluding hydrogens is 380 g/mol. The molecule has 1 amide bonds. The molecule has 1 aromatic heterocycles. The van der Waals surface area contributed by atoms with E-state index in [1.807, 2.05) is 18.2 Å². The molecule has 7 nitrogen and oxygen atoms in total. The molecule has 1 saturated heterocycles. The summed E-state index contributed by atoms with van der Waals surface area (Å²) in [6.45, 7) is 1.70. The Morgan fingerprint density at radius 3 is 2.57 bits per heavy atom. The van der Waals surface area contributed by atoms with Gasteiger partial charge in [0.1, 0.15) is 11.8 Å². The molecule has 0 saturated carbocycles. The molecule has 1 atom stereocenters. The SMILES string of the molecule is COC1=CC(=O)N(c2ccc3[nH]cnc3c2)C1c1ccc(N2CCC(O)CC2)cc1. The zero-order valence-corrected chi connectivity index (χ0v) is 16.8. The number of imidazole rings is 1. The van der Waals surface area contributed by atoms with Crippen molar-refractivity contribution in [3.8, 4) is 0 Å². The van der Waals surface area contributed by atoms with Gasteiger partial charge in [-0.05, 0) is 48.7 Å². The van der Waals surface area contributed by atoms with E-state index < -0.39 is 0 Å². The Bertz CT molecular complexity index is 1100. The van der Waals surface area contributed by atoms with E-state index in [0.717, 1.165) is 53.9 Å². The summed E-state index contributed by atoms with van der Waals surface area (Å²) < 4.78 is 5.57. The number of piperidine rings is 1. The number of aliphatic hydroxyl groups is 1. The van der Waals surface area contributed by atoms with E-state index in [1.54, 1.807) is 24.4 Å². The summed E-state index contributed by atoms with van der Waals surface area (Å²) in [6, 6.07) is 13.7. The van der Waals surface area contributed by atoms with E-state index in [0.29, 0.717) is 5.76 Å². The molecule has 2 aliphatic heterocycles. The second kappa shape index (κ2) is 7.50. The van der Waals surface area contributed by atoms with E-state index in [1.165, 1.54) is 0 Å². The number of aromatic amines is 1. The van der Waals surface area contributed by atoms with Gasteiger partial charge in [0.05, 0.1) is 30.6 Å². The zero-order valence-electron chi connectivity index (χ0n) is 16.8. The molecule has 3 heterocycles. The average molecular weight is 404 g/mol. The largest absolute Gasteiger partial charge is 0.498 e. The van der Waals surface area contributed by atoms with Crippen LogP contribution in [0.4, 0.5) is 11.4 Å². The average Bonchev–Trinajstić information content (AvgIpc) is 3.37. The number of nitrogens with one attached hydrogen (secondary N) is 1. The smallest absolute Gasteiger partial charge is 0.255 e. The van der Waals surface area contributed by atoms with Gasteiger partial charge in [-0.3, -0.25) is 9.69 Å². The molecular formula is C23H24N4O3. The van der Waals surface area contributed by atoms with Gasteiger partial charge in [-0.1, -0.05) is 12.1 Å². The van der Waals surface area contributed by atoms with Crippen LogP contribution in [0.1, 0.15) is 24.4 Å². The lowest BCUT2D eigenvalue weighted by molar-refractivity contribution is -0.113. The van der Waals surface area contributed by atoms with Crippen LogP contribution in [-0.4, -0.2) is 47.3 Å². The van der Waals surface area contributed by atoms with Crippen molar-refractivity contribution in [2.24, 2.45) is 0 Å². The highest BCUT2D eigenvalue weighted by Crippen LogP contribution is 2.39. The standard InChI is InChI=1S/C23H24N4O3/c1-30-21-13-22(29)27(17-6-7-19-20(12-17)25-14-24-19)23(21)15-2-4-16(5-3-15)26-10-8-18(28)9-11-26/h2-7,12-14,18,23,28H,8-11H2,1H3,(H,24,25). The number of hydrogen-bond donors (Lipinski definition) is 2. The highest BCUT2D eigenvalue weighted by atomic mass is 16.5. The molecule has 0 bridgehead atoms. The van der Waals surface area contributed by atoms with Crippen LogP contribution in [0, 0.1) is 0 Å². The Morgan fingerprint density at radius 1 is 1.10 bits per heavy atom. The van der Waals surface area contributed by atoms with Crippen LogP contribution in [0.25, 0.3) is 11.0 Å². The number of fused-ring (bicyclic) bond motifs is 1. The van der Waals surface area contributed by atoms with Crippen molar-refractivity contribution in [2.75, 3.05) is 30.0 Å². The third-order valence-electron chi connectivity index (χ3n) is 5.99. The first-order chi connectivity index (χ1) is 14.6. The molecule has 2 N–H and O–H groups in total. The third kappa shape index (κ3) is 3.21. The van der Waals surface area contributed by atoms with Gasteiger partial charge >= 0.3 is 0 Å². The number of aromatic nitrogens is 2. The molecule has 154 valence electrons. The van der Waals surface area contributed by atoms with E-state index in [2.05, 4.69) is 39.1 Å². The normalized spacial score (nSPS) is 20.1. The quantitative estimate of drug-likeness (QED) is 0.698. The van der Waals surface area contributed by atoms with Crippen molar-refractivity contribution in [3.05, 3.63) is 66.2 Å². The van der Waals surface area contributed by atoms with E-state index in [-0.39, 0.29) is 18.1 Å². The fourth-order valence-electron chi connectivity index (χ4n) is 4.35. The molecule has 0 radical (unpaired) electrons. The number of H-pyrrole nitrogens is 1. The van der Waals surface area contributed by atoms with Gasteiger partial charge in [0, 0.05) is 30.5 Å². The van der Waals surface area contributed by atoms with E-state index in [4.69, 9.17) is 4.74 Å². The number of rotatable bonds is 4. The van der Waals surface area contributed by atoms with Crippen LogP contribution in [0.15, 0.2) is 60.6 Å². The summed E-state index contributed by atoms with van der Waals surface area (Å²) in [7, 11) is 1.60. The summed E-state index contributed by atoms with van der Waals surface area (Å²) in [6.07, 6.45) is 4.59. The predicted octanol–water partition coefficient (Wildman–Crippen LogP) is 3.14. The number of anilines is 2. The number of ether oxygens (including phenoxy) is 1. The Morgan fingerprint density at radius 2 is 1.83 bits per heavy atom. The Balaban J connectivity index is 1.46. The molecule has 2 aromatic carbocycles. The van der Waals surface area contributed by atoms with Crippen LogP contribution in [0.3, 0.4) is 0 Å². The van der Waals surface area contributed by atoms with Crippen LogP contribution < -0.4 is 9.80 Å². The molecule has 5 rings (SSSR count). The minimum atomic E-state index is -0.323. The maximum atomic E-state index is 12.9. The molecule has 30 heavy (non-hydrogen) atoms. The molecule has 0 aliphatic carbocycles. The summed E-state index contributed by atoms with van der Waals surface area (Å²) in [5.41, 5.74) is 4.63. The van der Waals surface area contributed by atoms with Crippen LogP contribution in [0.5, 0.6) is 0 Å². The van der Waals surface area contributed by atoms with Crippen LogP contribution >= 0.6 is 0 Å². The molecule has 3 aromatic rings. The highest BCUT2D eigenvalue weighted by molar-refractivity contribution is 6.06. The lowest BCUT2D eigenvalue weighted by Gasteiger charge is -2.32. The van der Waals surface area contributed by atoms with Gasteiger partial charge in [0.15, 0.2) is 0 Å². The summed E-state index contributed by atoms with van der Waals surface area (Å²) in [5.74, 6) is 0.511. The lowest BCUT2D eigenvalue weighted by Crippen LogP contribution is -2.35. The maximum absolute atomic E-state index is 12.9. The first-order valence-corrected chi connectivity index (χ1v) is 10.2. The molecule has 2 aliphatic rings. The lowest BCUT2D eigenvalue weighted by atomic mass is 10.0.